The zero-order valence-corrected chi connectivity index (χ0v) is 18.8. The Morgan fingerprint density at radius 2 is 2.21 bits per heavy atom. The molecule has 2 rings (SSSR count). The lowest BCUT2D eigenvalue weighted by Crippen LogP contribution is -2.51. The number of carbonyl (C=O) groups is 2. The monoisotopic (exact) mass is 424 g/mol. The summed E-state index contributed by atoms with van der Waals surface area (Å²) in [5.74, 6) is 2.05. The first-order chi connectivity index (χ1) is 13.3. The molecule has 1 aromatic rings. The van der Waals surface area contributed by atoms with Gasteiger partial charge in [-0.2, -0.15) is 11.8 Å². The average molecular weight is 425 g/mol. The number of carbonyl (C=O) groups excluding carboxylic acids is 2. The van der Waals surface area contributed by atoms with E-state index < -0.39 is 5.41 Å². The number of hydrogen-bond donors (Lipinski definition) is 2. The van der Waals surface area contributed by atoms with Crippen LogP contribution in [0.4, 0.5) is 5.13 Å². The maximum atomic E-state index is 12.8. The van der Waals surface area contributed by atoms with Crippen LogP contribution >= 0.6 is 23.1 Å². The highest BCUT2D eigenvalue weighted by atomic mass is 32.2. The Hall–Kier alpha value is -1.54. The molecule has 1 aliphatic heterocycles. The zero-order valence-electron chi connectivity index (χ0n) is 17.1. The number of amides is 2. The van der Waals surface area contributed by atoms with Crippen molar-refractivity contribution in [2.24, 2.45) is 5.41 Å². The third-order valence-corrected chi connectivity index (χ3v) is 6.25. The van der Waals surface area contributed by atoms with Gasteiger partial charge in [-0.25, -0.2) is 4.98 Å². The molecule has 156 valence electrons. The Labute approximate surface area is 176 Å². The minimum Gasteiger partial charge on any atom is -0.361 e. The first-order valence-electron chi connectivity index (χ1n) is 9.79. The number of thioether (sulfide) groups is 1. The quantitative estimate of drug-likeness (QED) is 0.468. The van der Waals surface area contributed by atoms with Crippen molar-refractivity contribution in [1.82, 2.24) is 15.2 Å². The van der Waals surface area contributed by atoms with Crippen molar-refractivity contribution in [1.29, 1.82) is 0 Å². The first kappa shape index (κ1) is 22.7. The number of likely N-dealkylation sites (tertiary alicyclic amines) is 1. The fourth-order valence-electron chi connectivity index (χ4n) is 2.80. The van der Waals surface area contributed by atoms with Gasteiger partial charge in [-0.15, -0.1) is 17.9 Å². The van der Waals surface area contributed by atoms with Crippen LogP contribution in [0, 0.1) is 5.41 Å². The number of nitrogens with one attached hydrogen (secondary N) is 2. The number of aromatic nitrogens is 1. The third kappa shape index (κ3) is 7.13. The van der Waals surface area contributed by atoms with Gasteiger partial charge >= 0.3 is 0 Å². The maximum absolute atomic E-state index is 12.8. The van der Waals surface area contributed by atoms with Crippen LogP contribution in [-0.2, 0) is 4.79 Å². The fourth-order valence-corrected chi connectivity index (χ4v) is 4.29. The van der Waals surface area contributed by atoms with Gasteiger partial charge in [0, 0.05) is 42.2 Å². The number of nitrogens with zero attached hydrogens (tertiary/aromatic N) is 2. The predicted octanol–water partition coefficient (Wildman–Crippen LogP) is 3.63. The Morgan fingerprint density at radius 3 is 2.93 bits per heavy atom. The molecule has 28 heavy (non-hydrogen) atoms. The van der Waals surface area contributed by atoms with Crippen molar-refractivity contribution in [3.05, 3.63) is 23.7 Å². The standard InChI is InChI=1S/C20H32N4O2S2/c1-5-6-11-27-12-9-21-19-23-16(14-28-19)17(25)24-10-7-8-15(13-24)22-18(26)20(2,3)4/h5,14-15H,1,6-13H2,2-4H3,(H,21,23)(H,22,26). The van der Waals surface area contributed by atoms with Crippen LogP contribution in [0.1, 0.15) is 50.5 Å². The van der Waals surface area contributed by atoms with Crippen LogP contribution in [-0.4, -0.2) is 58.9 Å². The molecule has 1 aromatic heterocycles. The summed E-state index contributed by atoms with van der Waals surface area (Å²) < 4.78 is 0. The van der Waals surface area contributed by atoms with Gasteiger partial charge in [0.25, 0.3) is 5.91 Å². The number of allylic oxidation sites excluding steroid dienone is 1. The SMILES string of the molecule is C=CCCSCCNc1nc(C(=O)N2CCCC(NC(=O)C(C)(C)C)C2)cs1. The summed E-state index contributed by atoms with van der Waals surface area (Å²) in [6, 6.07) is 0.00764. The minimum absolute atomic E-state index is 0.00764. The van der Waals surface area contributed by atoms with Gasteiger partial charge in [0.05, 0.1) is 0 Å². The minimum atomic E-state index is -0.425. The lowest BCUT2D eigenvalue weighted by Gasteiger charge is -2.34. The second-order valence-corrected chi connectivity index (χ2v) is 10.1. The van der Waals surface area contributed by atoms with E-state index in [0.29, 0.717) is 18.8 Å². The summed E-state index contributed by atoms with van der Waals surface area (Å²) in [6.45, 7) is 11.5. The van der Waals surface area contributed by atoms with Gasteiger partial charge in [-0.1, -0.05) is 26.8 Å². The second kappa shape index (κ2) is 10.9. The fraction of sp³-hybridized carbons (Fsp3) is 0.650. The highest BCUT2D eigenvalue weighted by molar-refractivity contribution is 7.99. The Balaban J connectivity index is 1.82. The summed E-state index contributed by atoms with van der Waals surface area (Å²) in [5, 5.41) is 8.95. The highest BCUT2D eigenvalue weighted by Crippen LogP contribution is 2.20. The smallest absolute Gasteiger partial charge is 0.273 e. The predicted molar refractivity (Wildman–Crippen MR) is 119 cm³/mol. The number of thiazole rings is 1. The number of piperidine rings is 1. The number of rotatable bonds is 9. The van der Waals surface area contributed by atoms with Crippen LogP contribution < -0.4 is 10.6 Å². The third-order valence-electron chi connectivity index (χ3n) is 4.44. The van der Waals surface area contributed by atoms with Crippen LogP contribution in [0.3, 0.4) is 0 Å². The molecule has 0 radical (unpaired) electrons. The molecule has 1 saturated heterocycles. The van der Waals surface area contributed by atoms with Gasteiger partial charge in [0.1, 0.15) is 5.69 Å². The molecule has 6 nitrogen and oxygen atoms in total. The van der Waals surface area contributed by atoms with E-state index in [1.165, 1.54) is 11.3 Å². The number of hydrogen-bond acceptors (Lipinski definition) is 6. The van der Waals surface area contributed by atoms with E-state index in [2.05, 4.69) is 22.2 Å². The van der Waals surface area contributed by atoms with Gasteiger partial charge in [-0.3, -0.25) is 9.59 Å². The Bertz CT molecular complexity index is 669. The zero-order chi connectivity index (χ0) is 20.6. The van der Waals surface area contributed by atoms with Crippen molar-refractivity contribution in [3.63, 3.8) is 0 Å². The maximum Gasteiger partial charge on any atom is 0.273 e. The summed E-state index contributed by atoms with van der Waals surface area (Å²) in [5.41, 5.74) is 0.0563. The molecular formula is C20H32N4O2S2. The highest BCUT2D eigenvalue weighted by Gasteiger charge is 2.29. The lowest BCUT2D eigenvalue weighted by molar-refractivity contribution is -0.129. The van der Waals surface area contributed by atoms with Crippen molar-refractivity contribution in [2.45, 2.75) is 46.1 Å². The topological polar surface area (TPSA) is 74.3 Å². The van der Waals surface area contributed by atoms with Crippen molar-refractivity contribution >= 4 is 40.0 Å². The van der Waals surface area contributed by atoms with E-state index in [0.717, 1.165) is 42.4 Å². The molecule has 0 aromatic carbocycles. The van der Waals surface area contributed by atoms with E-state index in [9.17, 15) is 9.59 Å². The summed E-state index contributed by atoms with van der Waals surface area (Å²) >= 11 is 3.33. The number of anilines is 1. The van der Waals surface area contributed by atoms with Crippen LogP contribution in [0.5, 0.6) is 0 Å². The van der Waals surface area contributed by atoms with Gasteiger partial charge in [0.2, 0.25) is 5.91 Å². The van der Waals surface area contributed by atoms with Gasteiger partial charge < -0.3 is 15.5 Å². The van der Waals surface area contributed by atoms with Crippen molar-refractivity contribution in [3.8, 4) is 0 Å². The molecule has 1 atom stereocenters. The van der Waals surface area contributed by atoms with E-state index in [-0.39, 0.29) is 17.9 Å². The van der Waals surface area contributed by atoms with Crippen molar-refractivity contribution in [2.75, 3.05) is 36.5 Å². The van der Waals surface area contributed by atoms with Crippen LogP contribution in [0.15, 0.2) is 18.0 Å². The van der Waals surface area contributed by atoms with Crippen LogP contribution in [0.25, 0.3) is 0 Å². The molecule has 1 aliphatic rings. The molecule has 0 saturated carbocycles. The normalized spacial score (nSPS) is 17.2. The van der Waals surface area contributed by atoms with E-state index in [1.807, 2.05) is 44.0 Å². The molecule has 0 spiro atoms. The molecule has 1 unspecified atom stereocenters. The second-order valence-electron chi connectivity index (χ2n) is 7.97. The molecule has 8 heteroatoms. The average Bonchev–Trinajstić information content (AvgIpc) is 3.12. The van der Waals surface area contributed by atoms with E-state index in [4.69, 9.17) is 0 Å². The Morgan fingerprint density at radius 1 is 1.43 bits per heavy atom. The van der Waals surface area contributed by atoms with Gasteiger partial charge in [-0.05, 0) is 25.0 Å². The van der Waals surface area contributed by atoms with E-state index in [1.54, 1.807) is 4.90 Å². The molecular weight excluding hydrogens is 392 g/mol. The molecule has 2 N–H and O–H groups in total. The first-order valence-corrected chi connectivity index (χ1v) is 11.8. The molecule has 2 amide bonds. The largest absolute Gasteiger partial charge is 0.361 e. The molecule has 0 aliphatic carbocycles. The molecule has 2 heterocycles. The molecule has 1 fully saturated rings. The summed E-state index contributed by atoms with van der Waals surface area (Å²) in [4.78, 5) is 31.3. The van der Waals surface area contributed by atoms with Crippen LogP contribution in [0.2, 0.25) is 0 Å². The lowest BCUT2D eigenvalue weighted by atomic mass is 9.94. The van der Waals surface area contributed by atoms with Crippen molar-refractivity contribution < 1.29 is 9.59 Å². The summed E-state index contributed by atoms with van der Waals surface area (Å²) in [7, 11) is 0. The Kier molecular flexibility index (Phi) is 8.82. The van der Waals surface area contributed by atoms with E-state index >= 15 is 0 Å². The molecule has 0 bridgehead atoms. The summed E-state index contributed by atoms with van der Waals surface area (Å²) in [6.07, 6.45) is 4.74. The van der Waals surface area contributed by atoms with Gasteiger partial charge in [0.15, 0.2) is 5.13 Å².